The molecule has 0 aromatic heterocycles. The van der Waals surface area contributed by atoms with Crippen LogP contribution in [-0.4, -0.2) is 59.0 Å². The Bertz CT molecular complexity index is 817. The van der Waals surface area contributed by atoms with Crippen LogP contribution >= 0.6 is 0 Å². The van der Waals surface area contributed by atoms with Gasteiger partial charge in [-0.2, -0.15) is 0 Å². The van der Waals surface area contributed by atoms with Crippen LogP contribution in [0.3, 0.4) is 0 Å². The molecule has 1 saturated heterocycles. The van der Waals surface area contributed by atoms with Gasteiger partial charge in [-0.05, 0) is 43.3 Å². The molecule has 0 radical (unpaired) electrons. The molecule has 3 rings (SSSR count). The van der Waals surface area contributed by atoms with E-state index < -0.39 is 11.9 Å². The molecule has 0 saturated carbocycles. The van der Waals surface area contributed by atoms with Crippen LogP contribution in [0.4, 0.5) is 4.39 Å². The summed E-state index contributed by atoms with van der Waals surface area (Å²) in [6.07, 6.45) is -0.691. The summed E-state index contributed by atoms with van der Waals surface area (Å²) in [4.78, 5) is 28.2. The summed E-state index contributed by atoms with van der Waals surface area (Å²) in [5.74, 6) is -0.481. The SMILES string of the molecule is CC(Oc1ccc(O)cc1)C(=O)N1CCN(C(=O)c2ccccc2F)CC1. The zero-order valence-corrected chi connectivity index (χ0v) is 15.0. The minimum Gasteiger partial charge on any atom is -0.508 e. The van der Waals surface area contributed by atoms with E-state index in [0.717, 1.165) is 0 Å². The molecule has 1 aliphatic heterocycles. The highest BCUT2D eigenvalue weighted by molar-refractivity contribution is 5.94. The highest BCUT2D eigenvalue weighted by Gasteiger charge is 2.29. The first-order valence-electron chi connectivity index (χ1n) is 8.74. The Morgan fingerprint density at radius 1 is 1.00 bits per heavy atom. The predicted octanol–water partition coefficient (Wildman–Crippen LogP) is 2.28. The molecule has 0 bridgehead atoms. The number of hydrogen-bond acceptors (Lipinski definition) is 4. The Morgan fingerprint density at radius 2 is 1.59 bits per heavy atom. The zero-order chi connectivity index (χ0) is 19.4. The number of amides is 2. The van der Waals surface area contributed by atoms with Crippen molar-refractivity contribution in [3.63, 3.8) is 0 Å². The summed E-state index contributed by atoms with van der Waals surface area (Å²) in [6.45, 7) is 3.06. The van der Waals surface area contributed by atoms with Gasteiger partial charge in [0.1, 0.15) is 17.3 Å². The van der Waals surface area contributed by atoms with Crippen LogP contribution in [0.15, 0.2) is 48.5 Å². The molecule has 2 aromatic rings. The molecule has 2 aromatic carbocycles. The van der Waals surface area contributed by atoms with Gasteiger partial charge >= 0.3 is 0 Å². The smallest absolute Gasteiger partial charge is 0.263 e. The third-order valence-corrected chi connectivity index (χ3v) is 4.48. The first-order chi connectivity index (χ1) is 13.0. The van der Waals surface area contributed by atoms with E-state index >= 15 is 0 Å². The lowest BCUT2D eigenvalue weighted by molar-refractivity contribution is -0.139. The van der Waals surface area contributed by atoms with E-state index in [9.17, 15) is 19.1 Å². The summed E-state index contributed by atoms with van der Waals surface area (Å²) in [6, 6.07) is 12.0. The van der Waals surface area contributed by atoms with Crippen molar-refractivity contribution in [3.8, 4) is 11.5 Å². The van der Waals surface area contributed by atoms with Gasteiger partial charge in [0.2, 0.25) is 0 Å². The molecule has 6 nitrogen and oxygen atoms in total. The normalized spacial score (nSPS) is 15.3. The van der Waals surface area contributed by atoms with E-state index in [2.05, 4.69) is 0 Å². The topological polar surface area (TPSA) is 70.1 Å². The van der Waals surface area contributed by atoms with Gasteiger partial charge in [0.05, 0.1) is 5.56 Å². The van der Waals surface area contributed by atoms with Crippen molar-refractivity contribution in [3.05, 3.63) is 59.9 Å². The summed E-state index contributed by atoms with van der Waals surface area (Å²) >= 11 is 0. The summed E-state index contributed by atoms with van der Waals surface area (Å²) in [5, 5.41) is 9.29. The summed E-state index contributed by atoms with van der Waals surface area (Å²) in [5.41, 5.74) is 0.0429. The molecule has 1 heterocycles. The highest BCUT2D eigenvalue weighted by Crippen LogP contribution is 2.18. The van der Waals surface area contributed by atoms with Gasteiger partial charge in [-0.3, -0.25) is 9.59 Å². The number of piperazine rings is 1. The van der Waals surface area contributed by atoms with Gasteiger partial charge in [0.25, 0.3) is 11.8 Å². The van der Waals surface area contributed by atoms with Crippen LogP contribution in [0.2, 0.25) is 0 Å². The molecule has 0 aliphatic carbocycles. The standard InChI is InChI=1S/C20H21FN2O4/c1-14(27-16-8-6-15(24)7-9-16)19(25)22-10-12-23(13-11-22)20(26)17-4-2-3-5-18(17)21/h2-9,14,24H,10-13H2,1H3. The second-order valence-corrected chi connectivity index (χ2v) is 6.35. The van der Waals surface area contributed by atoms with Gasteiger partial charge in [-0.1, -0.05) is 12.1 Å². The van der Waals surface area contributed by atoms with Gasteiger partial charge in [-0.25, -0.2) is 4.39 Å². The minimum absolute atomic E-state index is 0.0429. The van der Waals surface area contributed by atoms with Crippen molar-refractivity contribution in [1.29, 1.82) is 0 Å². The lowest BCUT2D eigenvalue weighted by atomic mass is 10.1. The first-order valence-corrected chi connectivity index (χ1v) is 8.74. The molecule has 1 N–H and O–H groups in total. The van der Waals surface area contributed by atoms with E-state index in [1.165, 1.54) is 30.3 Å². The van der Waals surface area contributed by atoms with Crippen LogP contribution in [0, 0.1) is 5.82 Å². The van der Waals surface area contributed by atoms with Crippen LogP contribution in [0.25, 0.3) is 0 Å². The Balaban J connectivity index is 1.55. The maximum atomic E-state index is 13.8. The molecule has 27 heavy (non-hydrogen) atoms. The maximum Gasteiger partial charge on any atom is 0.263 e. The van der Waals surface area contributed by atoms with E-state index in [0.29, 0.717) is 31.9 Å². The average molecular weight is 372 g/mol. The zero-order valence-electron chi connectivity index (χ0n) is 15.0. The fourth-order valence-corrected chi connectivity index (χ4v) is 2.97. The van der Waals surface area contributed by atoms with Crippen molar-refractivity contribution >= 4 is 11.8 Å². The number of aromatic hydroxyl groups is 1. The number of halogens is 1. The van der Waals surface area contributed by atoms with E-state index in [4.69, 9.17) is 4.74 Å². The predicted molar refractivity (Wildman–Crippen MR) is 97.1 cm³/mol. The van der Waals surface area contributed by atoms with E-state index in [1.807, 2.05) is 0 Å². The van der Waals surface area contributed by atoms with Gasteiger partial charge in [0, 0.05) is 26.2 Å². The largest absolute Gasteiger partial charge is 0.508 e. The van der Waals surface area contributed by atoms with Gasteiger partial charge in [-0.15, -0.1) is 0 Å². The van der Waals surface area contributed by atoms with Gasteiger partial charge in [0.15, 0.2) is 6.10 Å². The highest BCUT2D eigenvalue weighted by atomic mass is 19.1. The molecule has 2 amide bonds. The fraction of sp³-hybridized carbons (Fsp3) is 0.300. The molecule has 142 valence electrons. The number of hydrogen-bond donors (Lipinski definition) is 1. The molecule has 7 heteroatoms. The first kappa shape index (κ1) is 18.7. The fourth-order valence-electron chi connectivity index (χ4n) is 2.97. The number of nitrogens with zero attached hydrogens (tertiary/aromatic N) is 2. The number of rotatable bonds is 4. The van der Waals surface area contributed by atoms with Crippen molar-refractivity contribution in [1.82, 2.24) is 9.80 Å². The van der Waals surface area contributed by atoms with E-state index in [-0.39, 0.29) is 23.1 Å². The minimum atomic E-state index is -0.691. The second kappa shape index (κ2) is 8.07. The Kier molecular flexibility index (Phi) is 5.59. The lowest BCUT2D eigenvalue weighted by Gasteiger charge is -2.36. The Hall–Kier alpha value is -3.09. The number of carbonyl (C=O) groups excluding carboxylic acids is 2. The quantitative estimate of drug-likeness (QED) is 0.894. The Labute approximate surface area is 156 Å². The van der Waals surface area contributed by atoms with Gasteiger partial charge < -0.3 is 19.6 Å². The van der Waals surface area contributed by atoms with E-state index in [1.54, 1.807) is 34.9 Å². The maximum absolute atomic E-state index is 13.8. The molecular formula is C20H21FN2O4. The molecule has 1 aliphatic rings. The third-order valence-electron chi connectivity index (χ3n) is 4.48. The number of benzene rings is 2. The van der Waals surface area contributed by atoms with Crippen LogP contribution in [0.1, 0.15) is 17.3 Å². The molecule has 1 unspecified atom stereocenters. The number of phenols is 1. The van der Waals surface area contributed by atoms with Crippen molar-refractivity contribution in [2.45, 2.75) is 13.0 Å². The average Bonchev–Trinajstić information content (AvgIpc) is 2.69. The summed E-state index contributed by atoms with van der Waals surface area (Å²) < 4.78 is 19.4. The molecule has 1 fully saturated rings. The lowest BCUT2D eigenvalue weighted by Crippen LogP contribution is -2.53. The summed E-state index contributed by atoms with van der Waals surface area (Å²) in [7, 11) is 0. The van der Waals surface area contributed by atoms with Crippen molar-refractivity contribution in [2.24, 2.45) is 0 Å². The second-order valence-electron chi connectivity index (χ2n) is 6.35. The van der Waals surface area contributed by atoms with Crippen LogP contribution in [-0.2, 0) is 4.79 Å². The Morgan fingerprint density at radius 3 is 2.22 bits per heavy atom. The number of ether oxygens (including phenoxy) is 1. The molecular weight excluding hydrogens is 351 g/mol. The monoisotopic (exact) mass is 372 g/mol. The number of carbonyl (C=O) groups is 2. The van der Waals surface area contributed by atoms with Crippen molar-refractivity contribution in [2.75, 3.05) is 26.2 Å². The molecule has 1 atom stereocenters. The number of phenolic OH excluding ortho intramolecular Hbond substituents is 1. The van der Waals surface area contributed by atoms with Crippen molar-refractivity contribution < 1.29 is 23.8 Å². The van der Waals surface area contributed by atoms with Crippen LogP contribution < -0.4 is 4.74 Å². The third kappa shape index (κ3) is 4.36. The molecule has 0 spiro atoms. The van der Waals surface area contributed by atoms with Crippen LogP contribution in [0.5, 0.6) is 11.5 Å².